The lowest BCUT2D eigenvalue weighted by Crippen LogP contribution is -2.36. The molecule has 1 aromatic carbocycles. The van der Waals surface area contributed by atoms with Crippen LogP contribution < -0.4 is 0 Å². The number of rotatable bonds is 3. The van der Waals surface area contributed by atoms with E-state index in [1.54, 1.807) is 36.5 Å². The zero-order valence-electron chi connectivity index (χ0n) is 13.6. The van der Waals surface area contributed by atoms with E-state index in [1.165, 1.54) is 18.3 Å². The van der Waals surface area contributed by atoms with Crippen LogP contribution in [0, 0.1) is 0 Å². The van der Waals surface area contributed by atoms with E-state index < -0.39 is 18.1 Å². The Bertz CT molecular complexity index is 803. The number of carboxylic acid groups (broad SMARTS) is 1. The SMILES string of the molecule is COC(=O)c1ccc([C@@H]2C=C(c3ccncn3)CCN2C(=O)O)cc1. The Morgan fingerprint density at radius 2 is 2.00 bits per heavy atom. The molecule has 0 bridgehead atoms. The molecule has 2 aromatic rings. The van der Waals surface area contributed by atoms with Gasteiger partial charge in [-0.05, 0) is 35.8 Å². The highest BCUT2D eigenvalue weighted by Gasteiger charge is 2.28. The quantitative estimate of drug-likeness (QED) is 0.865. The molecular weight excluding hydrogens is 322 g/mol. The van der Waals surface area contributed by atoms with Gasteiger partial charge in [0.15, 0.2) is 0 Å². The highest BCUT2D eigenvalue weighted by molar-refractivity contribution is 5.89. The Morgan fingerprint density at radius 1 is 1.24 bits per heavy atom. The van der Waals surface area contributed by atoms with Crippen LogP contribution in [0.3, 0.4) is 0 Å². The molecule has 1 atom stereocenters. The van der Waals surface area contributed by atoms with Crippen molar-refractivity contribution in [2.45, 2.75) is 12.5 Å². The number of hydrogen-bond donors (Lipinski definition) is 1. The summed E-state index contributed by atoms with van der Waals surface area (Å²) in [5.74, 6) is -0.428. The third-order valence-electron chi connectivity index (χ3n) is 4.15. The van der Waals surface area contributed by atoms with Crippen molar-refractivity contribution in [1.29, 1.82) is 0 Å². The normalized spacial score (nSPS) is 16.9. The first-order chi connectivity index (χ1) is 12.1. The van der Waals surface area contributed by atoms with Crippen molar-refractivity contribution in [2.24, 2.45) is 0 Å². The zero-order chi connectivity index (χ0) is 17.8. The molecule has 3 rings (SSSR count). The number of amides is 1. The molecule has 0 fully saturated rings. The largest absolute Gasteiger partial charge is 0.465 e. The van der Waals surface area contributed by atoms with Crippen LogP contribution in [0.25, 0.3) is 5.57 Å². The molecule has 1 aliphatic heterocycles. The minimum absolute atomic E-state index is 0.370. The summed E-state index contributed by atoms with van der Waals surface area (Å²) >= 11 is 0. The van der Waals surface area contributed by atoms with Gasteiger partial charge in [0, 0.05) is 12.7 Å². The summed E-state index contributed by atoms with van der Waals surface area (Å²) in [5.41, 5.74) is 2.96. The second kappa shape index (κ2) is 7.12. The van der Waals surface area contributed by atoms with E-state index >= 15 is 0 Å². The highest BCUT2D eigenvalue weighted by atomic mass is 16.5. The fourth-order valence-corrected chi connectivity index (χ4v) is 2.86. The van der Waals surface area contributed by atoms with Crippen molar-refractivity contribution >= 4 is 17.6 Å². The topological polar surface area (TPSA) is 92.6 Å². The Morgan fingerprint density at radius 3 is 2.60 bits per heavy atom. The molecule has 2 heterocycles. The summed E-state index contributed by atoms with van der Waals surface area (Å²) < 4.78 is 4.69. The van der Waals surface area contributed by atoms with Crippen LogP contribution in [0.15, 0.2) is 48.9 Å². The Kier molecular flexibility index (Phi) is 4.74. The summed E-state index contributed by atoms with van der Waals surface area (Å²) in [7, 11) is 1.32. The Hall–Kier alpha value is -3.22. The van der Waals surface area contributed by atoms with Crippen LogP contribution in [0.4, 0.5) is 4.79 Å². The fourth-order valence-electron chi connectivity index (χ4n) is 2.86. The number of carbonyl (C=O) groups is 2. The second-order valence-electron chi connectivity index (χ2n) is 5.57. The van der Waals surface area contributed by atoms with Gasteiger partial charge in [0.05, 0.1) is 24.4 Å². The molecule has 7 heteroatoms. The first kappa shape index (κ1) is 16.6. The zero-order valence-corrected chi connectivity index (χ0v) is 13.6. The van der Waals surface area contributed by atoms with Crippen LogP contribution in [0.1, 0.15) is 34.1 Å². The first-order valence-electron chi connectivity index (χ1n) is 7.75. The van der Waals surface area contributed by atoms with E-state index in [-0.39, 0.29) is 0 Å². The number of esters is 1. The van der Waals surface area contributed by atoms with Crippen LogP contribution in [0.5, 0.6) is 0 Å². The van der Waals surface area contributed by atoms with Gasteiger partial charge in [-0.25, -0.2) is 19.6 Å². The van der Waals surface area contributed by atoms with E-state index in [1.807, 2.05) is 6.08 Å². The standard InChI is InChI=1S/C18H17N3O4/c1-25-17(22)13-4-2-12(3-5-13)16-10-14(7-9-21(16)18(23)24)15-6-8-19-11-20-15/h2-6,8,10-11,16H,7,9H2,1H3,(H,23,24)/t16-/m0/s1. The van der Waals surface area contributed by atoms with E-state index in [2.05, 4.69) is 14.7 Å². The van der Waals surface area contributed by atoms with Crippen LogP contribution in [0.2, 0.25) is 0 Å². The van der Waals surface area contributed by atoms with Crippen LogP contribution in [-0.2, 0) is 4.74 Å². The molecule has 0 saturated carbocycles. The summed E-state index contributed by atoms with van der Waals surface area (Å²) in [6.07, 6.45) is 4.62. The molecule has 7 nitrogen and oxygen atoms in total. The van der Waals surface area contributed by atoms with E-state index in [9.17, 15) is 14.7 Å². The van der Waals surface area contributed by atoms with Gasteiger partial charge in [0.25, 0.3) is 0 Å². The molecule has 1 amide bonds. The molecule has 128 valence electrons. The summed E-state index contributed by atoms with van der Waals surface area (Å²) in [6, 6.07) is 8.11. The maximum Gasteiger partial charge on any atom is 0.408 e. The number of hydrogen-bond acceptors (Lipinski definition) is 5. The summed E-state index contributed by atoms with van der Waals surface area (Å²) in [6.45, 7) is 0.370. The van der Waals surface area contributed by atoms with Crippen molar-refractivity contribution in [2.75, 3.05) is 13.7 Å². The Balaban J connectivity index is 1.96. The number of carbonyl (C=O) groups excluding carboxylic acids is 1. The van der Waals surface area contributed by atoms with Crippen molar-refractivity contribution in [1.82, 2.24) is 14.9 Å². The molecule has 0 aliphatic carbocycles. The molecule has 1 aliphatic rings. The molecule has 0 radical (unpaired) electrons. The van der Waals surface area contributed by atoms with Crippen molar-refractivity contribution in [3.63, 3.8) is 0 Å². The molecule has 1 aromatic heterocycles. The molecule has 0 saturated heterocycles. The predicted octanol–water partition coefficient (Wildman–Crippen LogP) is 2.77. The lowest BCUT2D eigenvalue weighted by atomic mass is 9.94. The lowest BCUT2D eigenvalue weighted by molar-refractivity contribution is 0.0600. The number of methoxy groups -OCH3 is 1. The third-order valence-corrected chi connectivity index (χ3v) is 4.15. The van der Waals surface area contributed by atoms with Crippen molar-refractivity contribution in [3.05, 3.63) is 65.8 Å². The van der Waals surface area contributed by atoms with Crippen molar-refractivity contribution in [3.8, 4) is 0 Å². The fraction of sp³-hybridized carbons (Fsp3) is 0.222. The van der Waals surface area contributed by atoms with E-state index in [4.69, 9.17) is 0 Å². The van der Waals surface area contributed by atoms with Gasteiger partial charge in [-0.3, -0.25) is 4.90 Å². The number of ether oxygens (including phenoxy) is 1. The van der Waals surface area contributed by atoms with E-state index in [0.29, 0.717) is 18.5 Å². The molecule has 0 spiro atoms. The maximum absolute atomic E-state index is 11.6. The Labute approximate surface area is 144 Å². The van der Waals surface area contributed by atoms with Gasteiger partial charge in [0.2, 0.25) is 0 Å². The number of benzene rings is 1. The van der Waals surface area contributed by atoms with Crippen LogP contribution >= 0.6 is 0 Å². The molecule has 25 heavy (non-hydrogen) atoms. The lowest BCUT2D eigenvalue weighted by Gasteiger charge is -2.32. The van der Waals surface area contributed by atoms with Gasteiger partial charge in [-0.15, -0.1) is 0 Å². The summed E-state index contributed by atoms with van der Waals surface area (Å²) in [4.78, 5) is 32.7. The maximum atomic E-state index is 11.6. The third kappa shape index (κ3) is 3.50. The smallest absolute Gasteiger partial charge is 0.408 e. The van der Waals surface area contributed by atoms with Crippen LogP contribution in [-0.4, -0.2) is 45.7 Å². The average Bonchev–Trinajstić information content (AvgIpc) is 2.67. The summed E-state index contributed by atoms with van der Waals surface area (Å²) in [5, 5.41) is 9.50. The second-order valence-corrected chi connectivity index (χ2v) is 5.57. The van der Waals surface area contributed by atoms with E-state index in [0.717, 1.165) is 16.8 Å². The molecular formula is C18H17N3O4. The highest BCUT2D eigenvalue weighted by Crippen LogP contribution is 2.33. The predicted molar refractivity (Wildman–Crippen MR) is 89.9 cm³/mol. The van der Waals surface area contributed by atoms with Crippen molar-refractivity contribution < 1.29 is 19.4 Å². The first-order valence-corrected chi connectivity index (χ1v) is 7.75. The van der Waals surface area contributed by atoms with Gasteiger partial charge < -0.3 is 9.84 Å². The minimum Gasteiger partial charge on any atom is -0.465 e. The van der Waals surface area contributed by atoms with Gasteiger partial charge in [-0.1, -0.05) is 18.2 Å². The molecule has 1 N–H and O–H groups in total. The molecule has 0 unspecified atom stereocenters. The number of aromatic nitrogens is 2. The minimum atomic E-state index is -0.986. The number of nitrogens with zero attached hydrogens (tertiary/aromatic N) is 3. The van der Waals surface area contributed by atoms with Gasteiger partial charge in [-0.2, -0.15) is 0 Å². The average molecular weight is 339 g/mol. The monoisotopic (exact) mass is 339 g/mol. The van der Waals surface area contributed by atoms with Gasteiger partial charge >= 0.3 is 12.1 Å². The van der Waals surface area contributed by atoms with Gasteiger partial charge in [0.1, 0.15) is 6.33 Å².